The average Bonchev–Trinajstić information content (AvgIpc) is 3.44. The van der Waals surface area contributed by atoms with Crippen LogP contribution in [-0.4, -0.2) is 26.9 Å². The first kappa shape index (κ1) is 18.8. The Morgan fingerprint density at radius 3 is 2.75 bits per heavy atom. The maximum atomic E-state index is 13.1. The smallest absolute Gasteiger partial charge is 0.263 e. The zero-order chi connectivity index (χ0) is 19.5. The normalized spacial score (nSPS) is 11.0. The topological polar surface area (TPSA) is 55.2 Å². The summed E-state index contributed by atoms with van der Waals surface area (Å²) >= 11 is 4.63. The Morgan fingerprint density at radius 1 is 1.21 bits per heavy atom. The molecular weight excluding hydrogens is 410 g/mol. The Bertz CT molecular complexity index is 1160. The van der Waals surface area contributed by atoms with E-state index in [0.717, 1.165) is 15.3 Å². The maximum Gasteiger partial charge on any atom is 0.263 e. The molecular formula is C20H17N3O2S3. The van der Waals surface area contributed by atoms with Gasteiger partial charge in [0, 0.05) is 27.2 Å². The highest BCUT2D eigenvalue weighted by molar-refractivity contribution is 7.18. The van der Waals surface area contributed by atoms with Gasteiger partial charge in [-0.1, -0.05) is 18.2 Å². The highest BCUT2D eigenvalue weighted by Crippen LogP contribution is 2.33. The van der Waals surface area contributed by atoms with Crippen molar-refractivity contribution in [1.29, 1.82) is 0 Å². The van der Waals surface area contributed by atoms with E-state index in [2.05, 4.69) is 11.6 Å². The standard InChI is InChI=1S/C20H17N3O2S3/c1-2-7-22(10-14-5-3-8-26-14)17(24)11-23-13-21-19-18(20(23)25)15(12-28-19)16-6-4-9-27-16/h2-6,8-9,12-13H,1,7,10-11H2. The molecule has 4 rings (SSSR count). The van der Waals surface area contributed by atoms with Crippen LogP contribution in [-0.2, 0) is 17.9 Å². The van der Waals surface area contributed by atoms with Gasteiger partial charge in [0.25, 0.3) is 5.56 Å². The molecule has 0 radical (unpaired) electrons. The minimum Gasteiger partial charge on any atom is -0.332 e. The van der Waals surface area contributed by atoms with Gasteiger partial charge < -0.3 is 4.90 Å². The van der Waals surface area contributed by atoms with Crippen molar-refractivity contribution in [1.82, 2.24) is 14.5 Å². The van der Waals surface area contributed by atoms with Crippen LogP contribution in [0.2, 0.25) is 0 Å². The third-order valence-corrected chi connectivity index (χ3v) is 6.93. The Labute approximate surface area is 173 Å². The lowest BCUT2D eigenvalue weighted by Crippen LogP contribution is -2.36. The summed E-state index contributed by atoms with van der Waals surface area (Å²) in [6.07, 6.45) is 3.16. The molecule has 4 aromatic rings. The van der Waals surface area contributed by atoms with Crippen molar-refractivity contribution < 1.29 is 4.79 Å². The number of carbonyl (C=O) groups is 1. The summed E-state index contributed by atoms with van der Waals surface area (Å²) in [5, 5.41) is 6.50. The second-order valence-corrected chi connectivity index (χ2v) is 8.96. The quantitative estimate of drug-likeness (QED) is 0.409. The van der Waals surface area contributed by atoms with Gasteiger partial charge >= 0.3 is 0 Å². The number of hydrogen-bond donors (Lipinski definition) is 0. The van der Waals surface area contributed by atoms with Gasteiger partial charge in [-0.05, 0) is 22.9 Å². The lowest BCUT2D eigenvalue weighted by molar-refractivity contribution is -0.131. The van der Waals surface area contributed by atoms with Crippen LogP contribution in [0.4, 0.5) is 0 Å². The van der Waals surface area contributed by atoms with E-state index in [1.807, 2.05) is 40.4 Å². The van der Waals surface area contributed by atoms with Crippen LogP contribution >= 0.6 is 34.0 Å². The fourth-order valence-electron chi connectivity index (χ4n) is 2.94. The number of carbonyl (C=O) groups excluding carboxylic acids is 1. The molecule has 5 nitrogen and oxygen atoms in total. The predicted octanol–water partition coefficient (Wildman–Crippen LogP) is 4.46. The van der Waals surface area contributed by atoms with E-state index in [4.69, 9.17) is 0 Å². The van der Waals surface area contributed by atoms with Gasteiger partial charge in [0.15, 0.2) is 0 Å². The number of rotatable bonds is 7. The van der Waals surface area contributed by atoms with Gasteiger partial charge in [-0.3, -0.25) is 14.2 Å². The van der Waals surface area contributed by atoms with Crippen LogP contribution < -0.4 is 5.56 Å². The molecule has 142 valence electrons. The molecule has 0 bridgehead atoms. The lowest BCUT2D eigenvalue weighted by Gasteiger charge is -2.21. The maximum absolute atomic E-state index is 13.1. The van der Waals surface area contributed by atoms with Crippen LogP contribution in [0.25, 0.3) is 20.7 Å². The van der Waals surface area contributed by atoms with Gasteiger partial charge in [-0.25, -0.2) is 4.98 Å². The molecule has 0 saturated heterocycles. The lowest BCUT2D eigenvalue weighted by atomic mass is 10.2. The van der Waals surface area contributed by atoms with E-state index < -0.39 is 0 Å². The van der Waals surface area contributed by atoms with E-state index in [1.54, 1.807) is 33.6 Å². The molecule has 8 heteroatoms. The average molecular weight is 428 g/mol. The molecule has 4 heterocycles. The molecule has 0 aliphatic heterocycles. The Morgan fingerprint density at radius 2 is 2.04 bits per heavy atom. The van der Waals surface area contributed by atoms with Crippen LogP contribution in [0.15, 0.2) is 64.2 Å². The van der Waals surface area contributed by atoms with E-state index in [-0.39, 0.29) is 18.0 Å². The first-order chi connectivity index (χ1) is 13.7. The largest absolute Gasteiger partial charge is 0.332 e. The van der Waals surface area contributed by atoms with Crippen LogP contribution in [0.3, 0.4) is 0 Å². The van der Waals surface area contributed by atoms with Crippen molar-refractivity contribution in [2.24, 2.45) is 0 Å². The molecule has 4 aromatic heterocycles. The van der Waals surface area contributed by atoms with Gasteiger partial charge in [0.05, 0.1) is 18.3 Å². The molecule has 1 amide bonds. The van der Waals surface area contributed by atoms with Crippen LogP contribution in [0.5, 0.6) is 0 Å². The summed E-state index contributed by atoms with van der Waals surface area (Å²) in [6, 6.07) is 7.90. The third kappa shape index (κ3) is 3.71. The SMILES string of the molecule is C=CCN(Cc1cccs1)C(=O)Cn1cnc2scc(-c3cccs3)c2c1=O. The summed E-state index contributed by atoms with van der Waals surface area (Å²) in [5.41, 5.74) is 0.702. The number of hydrogen-bond acceptors (Lipinski definition) is 6. The monoisotopic (exact) mass is 427 g/mol. The van der Waals surface area contributed by atoms with Crippen molar-refractivity contribution in [3.63, 3.8) is 0 Å². The Kier molecular flexibility index (Phi) is 5.52. The molecule has 0 fully saturated rings. The molecule has 0 spiro atoms. The van der Waals surface area contributed by atoms with E-state index in [9.17, 15) is 9.59 Å². The van der Waals surface area contributed by atoms with E-state index >= 15 is 0 Å². The number of thiophene rings is 3. The summed E-state index contributed by atoms with van der Waals surface area (Å²) in [4.78, 5) is 34.9. The van der Waals surface area contributed by atoms with E-state index in [0.29, 0.717) is 23.3 Å². The molecule has 0 aromatic carbocycles. The summed E-state index contributed by atoms with van der Waals surface area (Å²) < 4.78 is 1.40. The van der Waals surface area contributed by atoms with Crippen molar-refractivity contribution in [3.8, 4) is 10.4 Å². The summed E-state index contributed by atoms with van der Waals surface area (Å²) in [6.45, 7) is 4.64. The zero-order valence-electron chi connectivity index (χ0n) is 14.9. The molecule has 0 saturated carbocycles. The molecule has 0 atom stereocenters. The molecule has 0 N–H and O–H groups in total. The second kappa shape index (κ2) is 8.22. The number of aromatic nitrogens is 2. The van der Waals surface area contributed by atoms with Gasteiger partial charge in [0.2, 0.25) is 5.91 Å². The first-order valence-electron chi connectivity index (χ1n) is 8.59. The Hall–Kier alpha value is -2.55. The number of fused-ring (bicyclic) bond motifs is 1. The fourth-order valence-corrected chi connectivity index (χ4v) is 5.38. The van der Waals surface area contributed by atoms with Crippen molar-refractivity contribution in [2.75, 3.05) is 6.54 Å². The van der Waals surface area contributed by atoms with Crippen LogP contribution in [0, 0.1) is 0 Å². The van der Waals surface area contributed by atoms with Gasteiger partial charge in [-0.2, -0.15) is 0 Å². The first-order valence-corrected chi connectivity index (χ1v) is 11.2. The number of amides is 1. The zero-order valence-corrected chi connectivity index (χ0v) is 17.4. The van der Waals surface area contributed by atoms with Crippen molar-refractivity contribution in [2.45, 2.75) is 13.1 Å². The van der Waals surface area contributed by atoms with E-state index in [1.165, 1.54) is 22.2 Å². The predicted molar refractivity (Wildman–Crippen MR) is 117 cm³/mol. The molecule has 0 aliphatic carbocycles. The Balaban J connectivity index is 1.64. The summed E-state index contributed by atoms with van der Waals surface area (Å²) in [5.74, 6) is -0.135. The third-order valence-electron chi connectivity index (χ3n) is 4.28. The highest BCUT2D eigenvalue weighted by atomic mass is 32.1. The number of nitrogens with zero attached hydrogens (tertiary/aromatic N) is 3. The second-order valence-electron chi connectivity index (χ2n) is 6.13. The van der Waals surface area contributed by atoms with Crippen molar-refractivity contribution >= 4 is 50.1 Å². The van der Waals surface area contributed by atoms with Crippen LogP contribution in [0.1, 0.15) is 4.88 Å². The van der Waals surface area contributed by atoms with Crippen molar-refractivity contribution in [3.05, 3.63) is 74.6 Å². The molecule has 0 unspecified atom stereocenters. The van der Waals surface area contributed by atoms with Gasteiger partial charge in [-0.15, -0.1) is 40.6 Å². The highest BCUT2D eigenvalue weighted by Gasteiger charge is 2.18. The molecule has 28 heavy (non-hydrogen) atoms. The minimum atomic E-state index is -0.183. The van der Waals surface area contributed by atoms with Gasteiger partial charge in [0.1, 0.15) is 11.4 Å². The minimum absolute atomic E-state index is 0.0410. The fraction of sp³-hybridized carbons (Fsp3) is 0.150. The molecule has 0 aliphatic rings. The summed E-state index contributed by atoms with van der Waals surface area (Å²) in [7, 11) is 0.